The maximum absolute atomic E-state index is 5.76. The number of halogens is 2. The van der Waals surface area contributed by atoms with Crippen LogP contribution in [0.4, 0.5) is 0 Å². The SMILES string of the molecule is CNCc1cc(C)ccc1OCC(Cl)=CCl. The van der Waals surface area contributed by atoms with Gasteiger partial charge in [0.25, 0.3) is 0 Å². The number of rotatable bonds is 5. The lowest BCUT2D eigenvalue weighted by atomic mass is 10.1. The number of hydrogen-bond donors (Lipinski definition) is 1. The van der Waals surface area contributed by atoms with Gasteiger partial charge in [-0.1, -0.05) is 40.9 Å². The molecule has 0 radical (unpaired) electrons. The van der Waals surface area contributed by atoms with Gasteiger partial charge in [0, 0.05) is 17.6 Å². The van der Waals surface area contributed by atoms with Crippen molar-refractivity contribution in [1.29, 1.82) is 0 Å². The highest BCUT2D eigenvalue weighted by atomic mass is 35.5. The molecule has 2 nitrogen and oxygen atoms in total. The minimum absolute atomic E-state index is 0.296. The van der Waals surface area contributed by atoms with Crippen molar-refractivity contribution in [1.82, 2.24) is 5.32 Å². The molecule has 0 aliphatic carbocycles. The Morgan fingerprint density at radius 3 is 2.88 bits per heavy atom. The second-order valence-electron chi connectivity index (χ2n) is 3.49. The summed E-state index contributed by atoms with van der Waals surface area (Å²) in [5, 5.41) is 3.58. The molecule has 1 N–H and O–H groups in total. The van der Waals surface area contributed by atoms with E-state index >= 15 is 0 Å². The van der Waals surface area contributed by atoms with Gasteiger partial charge in [-0.25, -0.2) is 0 Å². The van der Waals surface area contributed by atoms with Gasteiger partial charge in [-0.2, -0.15) is 0 Å². The van der Waals surface area contributed by atoms with E-state index in [2.05, 4.69) is 18.3 Å². The van der Waals surface area contributed by atoms with E-state index in [-0.39, 0.29) is 0 Å². The Morgan fingerprint density at radius 2 is 2.25 bits per heavy atom. The molecule has 0 aliphatic heterocycles. The van der Waals surface area contributed by atoms with Crippen molar-refractivity contribution in [2.24, 2.45) is 0 Å². The molecule has 0 aliphatic rings. The summed E-state index contributed by atoms with van der Waals surface area (Å²) in [6.07, 6.45) is 0. The predicted octanol–water partition coefficient (Wildman–Crippen LogP) is 3.41. The molecule has 1 aromatic rings. The minimum atomic E-state index is 0.296. The predicted molar refractivity (Wildman–Crippen MR) is 69.2 cm³/mol. The number of aryl methyl sites for hydroxylation is 1. The van der Waals surface area contributed by atoms with E-state index in [0.29, 0.717) is 11.6 Å². The zero-order valence-electron chi connectivity index (χ0n) is 9.39. The van der Waals surface area contributed by atoms with Crippen LogP contribution in [-0.2, 0) is 6.54 Å². The number of nitrogens with one attached hydrogen (secondary N) is 1. The van der Waals surface area contributed by atoms with E-state index in [4.69, 9.17) is 27.9 Å². The average molecular weight is 260 g/mol. The van der Waals surface area contributed by atoms with Gasteiger partial charge in [0.05, 0.1) is 5.03 Å². The topological polar surface area (TPSA) is 21.3 Å². The summed E-state index contributed by atoms with van der Waals surface area (Å²) in [4.78, 5) is 0. The molecule has 1 aromatic carbocycles. The smallest absolute Gasteiger partial charge is 0.125 e. The van der Waals surface area contributed by atoms with Crippen LogP contribution in [0.3, 0.4) is 0 Å². The van der Waals surface area contributed by atoms with Crippen LogP contribution in [-0.4, -0.2) is 13.7 Å². The van der Waals surface area contributed by atoms with Crippen molar-refractivity contribution >= 4 is 23.2 Å². The zero-order chi connectivity index (χ0) is 12.0. The second kappa shape index (κ2) is 6.79. The molecule has 1 rings (SSSR count). The lowest BCUT2D eigenvalue weighted by molar-refractivity contribution is 0.354. The first-order valence-electron chi connectivity index (χ1n) is 4.99. The summed E-state index contributed by atoms with van der Waals surface area (Å²) in [6, 6.07) is 6.04. The van der Waals surface area contributed by atoms with Crippen molar-refractivity contribution in [3.63, 3.8) is 0 Å². The van der Waals surface area contributed by atoms with Crippen molar-refractivity contribution < 1.29 is 4.74 Å². The Labute approximate surface area is 106 Å². The van der Waals surface area contributed by atoms with Crippen LogP contribution in [0.15, 0.2) is 28.8 Å². The maximum atomic E-state index is 5.76. The molecule has 4 heteroatoms. The lowest BCUT2D eigenvalue weighted by Gasteiger charge is -2.11. The van der Waals surface area contributed by atoms with E-state index in [9.17, 15) is 0 Å². The summed E-state index contributed by atoms with van der Waals surface area (Å²) in [5.41, 5.74) is 3.63. The fourth-order valence-corrected chi connectivity index (χ4v) is 1.47. The third kappa shape index (κ3) is 4.05. The van der Waals surface area contributed by atoms with Crippen LogP contribution < -0.4 is 10.1 Å². The first kappa shape index (κ1) is 13.4. The third-order valence-corrected chi connectivity index (χ3v) is 2.66. The fourth-order valence-electron chi connectivity index (χ4n) is 1.36. The van der Waals surface area contributed by atoms with Crippen LogP contribution in [0.25, 0.3) is 0 Å². The molecule has 0 amide bonds. The van der Waals surface area contributed by atoms with Gasteiger partial charge in [0.15, 0.2) is 0 Å². The molecule has 88 valence electrons. The van der Waals surface area contributed by atoms with Gasteiger partial charge in [0.2, 0.25) is 0 Å². The van der Waals surface area contributed by atoms with Gasteiger partial charge in [-0.05, 0) is 20.0 Å². The van der Waals surface area contributed by atoms with Gasteiger partial charge in [0.1, 0.15) is 12.4 Å². The molecule has 0 saturated carbocycles. The monoisotopic (exact) mass is 259 g/mol. The average Bonchev–Trinajstić information content (AvgIpc) is 2.28. The van der Waals surface area contributed by atoms with Gasteiger partial charge in [-0.3, -0.25) is 0 Å². The highest BCUT2D eigenvalue weighted by Crippen LogP contribution is 2.21. The van der Waals surface area contributed by atoms with Crippen LogP contribution in [0.1, 0.15) is 11.1 Å². The quantitative estimate of drug-likeness (QED) is 0.875. The Balaban J connectivity index is 2.77. The fraction of sp³-hybridized carbons (Fsp3) is 0.333. The normalized spacial score (nSPS) is 11.6. The van der Waals surface area contributed by atoms with Gasteiger partial charge in [-0.15, -0.1) is 0 Å². The number of benzene rings is 1. The zero-order valence-corrected chi connectivity index (χ0v) is 10.9. The Kier molecular flexibility index (Phi) is 5.67. The van der Waals surface area contributed by atoms with Crippen LogP contribution in [0.5, 0.6) is 5.75 Å². The number of hydrogen-bond acceptors (Lipinski definition) is 2. The Morgan fingerprint density at radius 1 is 1.50 bits per heavy atom. The molecular weight excluding hydrogens is 245 g/mol. The highest BCUT2D eigenvalue weighted by Gasteiger charge is 2.04. The highest BCUT2D eigenvalue weighted by molar-refractivity contribution is 6.36. The molecule has 0 saturated heterocycles. The molecule has 0 aromatic heterocycles. The Bertz CT molecular complexity index is 377. The second-order valence-corrected chi connectivity index (χ2v) is 4.19. The molecule has 0 fully saturated rings. The molecule has 0 spiro atoms. The molecular formula is C12H15Cl2NO. The van der Waals surface area contributed by atoms with Crippen LogP contribution in [0.2, 0.25) is 0 Å². The van der Waals surface area contributed by atoms with Crippen LogP contribution in [0, 0.1) is 6.92 Å². The Hall–Kier alpha value is -0.700. The van der Waals surface area contributed by atoms with E-state index < -0.39 is 0 Å². The summed E-state index contributed by atoms with van der Waals surface area (Å²) in [7, 11) is 1.90. The lowest BCUT2D eigenvalue weighted by Crippen LogP contribution is -2.08. The molecule has 0 unspecified atom stereocenters. The van der Waals surface area contributed by atoms with E-state index in [0.717, 1.165) is 17.9 Å². The molecule has 0 atom stereocenters. The standard InChI is InChI=1S/C12H15Cl2NO/c1-9-3-4-12(10(5-9)7-15-2)16-8-11(14)6-13/h3-6,15H,7-8H2,1-2H3. The van der Waals surface area contributed by atoms with Crippen molar-refractivity contribution in [3.8, 4) is 5.75 Å². The third-order valence-electron chi connectivity index (χ3n) is 2.07. The largest absolute Gasteiger partial charge is 0.488 e. The van der Waals surface area contributed by atoms with Crippen molar-refractivity contribution in [3.05, 3.63) is 39.9 Å². The number of ether oxygens (including phenoxy) is 1. The van der Waals surface area contributed by atoms with Gasteiger partial charge >= 0.3 is 0 Å². The summed E-state index contributed by atoms with van der Waals surface area (Å²) < 4.78 is 5.57. The first-order chi connectivity index (χ1) is 7.67. The van der Waals surface area contributed by atoms with E-state index in [1.165, 1.54) is 11.1 Å². The van der Waals surface area contributed by atoms with E-state index in [1.54, 1.807) is 0 Å². The van der Waals surface area contributed by atoms with Crippen molar-refractivity contribution in [2.75, 3.05) is 13.7 Å². The van der Waals surface area contributed by atoms with Gasteiger partial charge < -0.3 is 10.1 Å². The summed E-state index contributed by atoms with van der Waals surface area (Å²) >= 11 is 11.2. The molecule has 0 bridgehead atoms. The molecule has 16 heavy (non-hydrogen) atoms. The van der Waals surface area contributed by atoms with Crippen molar-refractivity contribution in [2.45, 2.75) is 13.5 Å². The molecule has 0 heterocycles. The summed E-state index contributed by atoms with van der Waals surface area (Å²) in [5.74, 6) is 0.830. The summed E-state index contributed by atoms with van der Waals surface area (Å²) in [6.45, 7) is 3.11. The van der Waals surface area contributed by atoms with Crippen LogP contribution >= 0.6 is 23.2 Å². The maximum Gasteiger partial charge on any atom is 0.125 e. The first-order valence-corrected chi connectivity index (χ1v) is 5.80. The van der Waals surface area contributed by atoms with E-state index in [1.807, 2.05) is 19.2 Å². The minimum Gasteiger partial charge on any atom is -0.488 e.